The summed E-state index contributed by atoms with van der Waals surface area (Å²) in [6.07, 6.45) is 3.69. The van der Waals surface area contributed by atoms with Crippen LogP contribution in [-0.2, 0) is 15.6 Å². The van der Waals surface area contributed by atoms with Gasteiger partial charge in [0.1, 0.15) is 0 Å². The summed E-state index contributed by atoms with van der Waals surface area (Å²) in [5.74, 6) is -0.663. The zero-order valence-electron chi connectivity index (χ0n) is 14.0. The zero-order chi connectivity index (χ0) is 15.9. The van der Waals surface area contributed by atoms with Crippen molar-refractivity contribution in [2.75, 3.05) is 0 Å². The van der Waals surface area contributed by atoms with Crippen molar-refractivity contribution in [3.63, 3.8) is 0 Å². The Labute approximate surface area is 128 Å². The van der Waals surface area contributed by atoms with E-state index in [1.165, 1.54) is 5.56 Å². The molecule has 1 aromatic carbocycles. The van der Waals surface area contributed by atoms with Crippen LogP contribution in [0.25, 0.3) is 0 Å². The highest BCUT2D eigenvalue weighted by Gasteiger charge is 2.58. The molecule has 1 fully saturated rings. The van der Waals surface area contributed by atoms with E-state index in [1.807, 2.05) is 12.1 Å². The first kappa shape index (κ1) is 16.1. The molecule has 2 nitrogen and oxygen atoms in total. The predicted octanol–water partition coefficient (Wildman–Crippen LogP) is 4.91. The molecule has 21 heavy (non-hydrogen) atoms. The van der Waals surface area contributed by atoms with Crippen LogP contribution in [0.5, 0.6) is 0 Å². The maximum absolute atomic E-state index is 11.9. The number of carboxylic acid groups (broad SMARTS) is 1. The van der Waals surface area contributed by atoms with E-state index < -0.39 is 11.4 Å². The highest BCUT2D eigenvalue weighted by atomic mass is 16.4. The van der Waals surface area contributed by atoms with E-state index in [-0.39, 0.29) is 10.8 Å². The fourth-order valence-corrected chi connectivity index (χ4v) is 3.75. The Bertz CT molecular complexity index is 507. The first-order valence-electron chi connectivity index (χ1n) is 8.03. The Hall–Kier alpha value is -1.31. The van der Waals surface area contributed by atoms with Gasteiger partial charge >= 0.3 is 5.97 Å². The smallest absolute Gasteiger partial charge is 0.314 e. The highest BCUT2D eigenvalue weighted by Crippen LogP contribution is 2.59. The van der Waals surface area contributed by atoms with Crippen molar-refractivity contribution in [2.24, 2.45) is 5.41 Å². The number of benzene rings is 1. The Morgan fingerprint density at radius 1 is 1.10 bits per heavy atom. The van der Waals surface area contributed by atoms with Gasteiger partial charge in [0.25, 0.3) is 0 Å². The van der Waals surface area contributed by atoms with Gasteiger partial charge in [0.15, 0.2) is 0 Å². The van der Waals surface area contributed by atoms with Crippen LogP contribution in [0.1, 0.15) is 71.4 Å². The Morgan fingerprint density at radius 2 is 1.57 bits per heavy atom. The van der Waals surface area contributed by atoms with Crippen LogP contribution >= 0.6 is 0 Å². The molecule has 1 aliphatic carbocycles. The number of rotatable bonds is 4. The summed E-state index contributed by atoms with van der Waals surface area (Å²) in [6, 6.07) is 8.25. The summed E-state index contributed by atoms with van der Waals surface area (Å²) in [4.78, 5) is 11.9. The molecule has 116 valence electrons. The molecule has 0 spiro atoms. The van der Waals surface area contributed by atoms with Gasteiger partial charge in [0.05, 0.1) is 5.41 Å². The summed E-state index contributed by atoms with van der Waals surface area (Å²) in [7, 11) is 0. The molecule has 0 amide bonds. The van der Waals surface area contributed by atoms with E-state index in [4.69, 9.17) is 0 Å². The second kappa shape index (κ2) is 5.15. The van der Waals surface area contributed by atoms with Crippen molar-refractivity contribution in [1.29, 1.82) is 0 Å². The summed E-state index contributed by atoms with van der Waals surface area (Å²) in [5.41, 5.74) is 1.89. The zero-order valence-corrected chi connectivity index (χ0v) is 14.0. The van der Waals surface area contributed by atoms with E-state index in [2.05, 4.69) is 46.8 Å². The molecule has 0 aliphatic heterocycles. The van der Waals surface area contributed by atoms with Gasteiger partial charge in [0, 0.05) is 0 Å². The van der Waals surface area contributed by atoms with Crippen LogP contribution < -0.4 is 0 Å². The summed E-state index contributed by atoms with van der Waals surface area (Å²) >= 11 is 0. The third-order valence-corrected chi connectivity index (χ3v) is 5.57. The second-order valence-corrected chi connectivity index (χ2v) is 7.78. The molecular formula is C19H28O2. The molecule has 1 aromatic rings. The lowest BCUT2D eigenvalue weighted by Crippen LogP contribution is -2.54. The molecule has 0 unspecified atom stereocenters. The highest BCUT2D eigenvalue weighted by molar-refractivity contribution is 5.83. The van der Waals surface area contributed by atoms with E-state index in [0.717, 1.165) is 31.2 Å². The lowest BCUT2D eigenvalue weighted by Gasteiger charge is -2.54. The molecule has 0 bridgehead atoms. The third-order valence-electron chi connectivity index (χ3n) is 5.57. The topological polar surface area (TPSA) is 37.3 Å². The molecule has 2 heteroatoms. The number of hydrogen-bond acceptors (Lipinski definition) is 1. The van der Waals surface area contributed by atoms with Crippen LogP contribution in [0.3, 0.4) is 0 Å². The van der Waals surface area contributed by atoms with E-state index in [0.29, 0.717) is 0 Å². The Kier molecular flexibility index (Phi) is 3.94. The molecule has 1 saturated carbocycles. The van der Waals surface area contributed by atoms with Crippen LogP contribution in [0, 0.1) is 5.41 Å². The Balaban J connectivity index is 2.32. The Morgan fingerprint density at radius 3 is 1.90 bits per heavy atom. The molecule has 1 N–H and O–H groups in total. The molecule has 0 saturated heterocycles. The van der Waals surface area contributed by atoms with Gasteiger partial charge in [-0.25, -0.2) is 0 Å². The van der Waals surface area contributed by atoms with E-state index in [1.54, 1.807) is 0 Å². The van der Waals surface area contributed by atoms with Gasteiger partial charge in [-0.05, 0) is 34.8 Å². The van der Waals surface area contributed by atoms with Gasteiger partial charge in [-0.3, -0.25) is 4.79 Å². The van der Waals surface area contributed by atoms with Crippen molar-refractivity contribution >= 4 is 5.97 Å². The van der Waals surface area contributed by atoms with Crippen LogP contribution in [-0.4, -0.2) is 11.1 Å². The van der Waals surface area contributed by atoms with Gasteiger partial charge < -0.3 is 5.11 Å². The maximum Gasteiger partial charge on any atom is 0.314 e. The summed E-state index contributed by atoms with van der Waals surface area (Å²) in [5, 5.41) is 9.79. The number of carboxylic acids is 1. The van der Waals surface area contributed by atoms with Crippen LogP contribution in [0.15, 0.2) is 24.3 Å². The monoisotopic (exact) mass is 288 g/mol. The van der Waals surface area contributed by atoms with E-state index in [9.17, 15) is 9.90 Å². The van der Waals surface area contributed by atoms with Crippen molar-refractivity contribution in [1.82, 2.24) is 0 Å². The average Bonchev–Trinajstić information content (AvgIpc) is 2.38. The van der Waals surface area contributed by atoms with Crippen molar-refractivity contribution in [3.05, 3.63) is 35.4 Å². The lowest BCUT2D eigenvalue weighted by molar-refractivity contribution is -0.155. The summed E-state index contributed by atoms with van der Waals surface area (Å²) in [6.45, 7) is 10.9. The normalized spacial score (nSPS) is 19.9. The largest absolute Gasteiger partial charge is 0.481 e. The molecule has 2 rings (SSSR count). The summed E-state index contributed by atoms with van der Waals surface area (Å²) < 4.78 is 0. The molecule has 0 atom stereocenters. The lowest BCUT2D eigenvalue weighted by atomic mass is 9.48. The molecule has 0 aromatic heterocycles. The van der Waals surface area contributed by atoms with Gasteiger partial charge in [-0.15, -0.1) is 0 Å². The van der Waals surface area contributed by atoms with Gasteiger partial charge in [-0.1, -0.05) is 71.7 Å². The third kappa shape index (κ3) is 2.61. The van der Waals surface area contributed by atoms with Crippen LogP contribution in [0.4, 0.5) is 0 Å². The minimum absolute atomic E-state index is 0.102. The second-order valence-electron chi connectivity index (χ2n) is 7.78. The van der Waals surface area contributed by atoms with Gasteiger partial charge in [0.2, 0.25) is 0 Å². The number of aliphatic carboxylic acids is 1. The standard InChI is InChI=1S/C19H28O2/c1-6-18(7-2)12-19(13-18,16(20)21)15-10-8-14(9-11-15)17(3,4)5/h8-11H,6-7,12-13H2,1-5H3,(H,20,21). The fourth-order valence-electron chi connectivity index (χ4n) is 3.75. The number of carbonyl (C=O) groups is 1. The average molecular weight is 288 g/mol. The first-order chi connectivity index (χ1) is 9.69. The maximum atomic E-state index is 11.9. The molecule has 1 aliphatic rings. The van der Waals surface area contributed by atoms with Crippen LogP contribution in [0.2, 0.25) is 0 Å². The SMILES string of the molecule is CCC1(CC)CC(C(=O)O)(c2ccc(C(C)(C)C)cc2)C1. The minimum atomic E-state index is -0.664. The van der Waals surface area contributed by atoms with Crippen molar-refractivity contribution in [2.45, 2.75) is 71.1 Å². The molecule has 0 heterocycles. The molecular weight excluding hydrogens is 260 g/mol. The van der Waals surface area contributed by atoms with E-state index >= 15 is 0 Å². The van der Waals surface area contributed by atoms with Crippen molar-refractivity contribution in [3.8, 4) is 0 Å². The quantitative estimate of drug-likeness (QED) is 0.855. The predicted molar refractivity (Wildman–Crippen MR) is 86.7 cm³/mol. The minimum Gasteiger partial charge on any atom is -0.481 e. The van der Waals surface area contributed by atoms with Gasteiger partial charge in [-0.2, -0.15) is 0 Å². The number of hydrogen-bond donors (Lipinski definition) is 1. The fraction of sp³-hybridized carbons (Fsp3) is 0.632. The molecule has 0 radical (unpaired) electrons. The van der Waals surface area contributed by atoms with Crippen molar-refractivity contribution < 1.29 is 9.90 Å². The first-order valence-corrected chi connectivity index (χ1v) is 8.03.